The van der Waals surface area contributed by atoms with E-state index in [2.05, 4.69) is 45.0 Å². The molecule has 0 spiro atoms. The van der Waals surface area contributed by atoms with Crippen LogP contribution in [0.4, 0.5) is 10.6 Å². The number of aromatic nitrogens is 3. The van der Waals surface area contributed by atoms with E-state index in [9.17, 15) is 4.79 Å². The maximum Gasteiger partial charge on any atom is 0.410 e. The number of carbonyl (C=O) groups is 1. The fraction of sp³-hybridized carbons (Fsp3) is 0.286. The standard InChI is InChI=1S/C35H35N5O3/c36-33-32-31(27-12-7-13-30(16-27)42-21-24-8-3-1-4-9-24)20-39(34(32)38-23-37-33)17-26-14-28-18-40(19-29(28)15-26)35(41)43-22-25-10-5-2-6-11-25/h1-13,16,20,23,26,28-29H,14-15,17-19,21-22H2,(H2,36,37,38). The van der Waals surface area contributed by atoms with Crippen LogP contribution in [0.5, 0.6) is 5.75 Å². The van der Waals surface area contributed by atoms with Gasteiger partial charge in [-0.1, -0.05) is 72.8 Å². The summed E-state index contributed by atoms with van der Waals surface area (Å²) in [6.07, 6.45) is 5.64. The highest BCUT2D eigenvalue weighted by molar-refractivity contribution is 6.00. The number of carbonyl (C=O) groups excluding carboxylic acids is 1. The molecule has 2 N–H and O–H groups in total. The molecule has 1 saturated carbocycles. The molecule has 7 rings (SSSR count). The topological polar surface area (TPSA) is 95.5 Å². The molecule has 5 aromatic rings. The van der Waals surface area contributed by atoms with Gasteiger partial charge < -0.3 is 24.7 Å². The molecule has 218 valence electrons. The smallest absolute Gasteiger partial charge is 0.410 e. The number of ether oxygens (including phenoxy) is 2. The normalized spacial score (nSPS) is 19.4. The third-order valence-electron chi connectivity index (χ3n) is 8.84. The van der Waals surface area contributed by atoms with Gasteiger partial charge in [-0.2, -0.15) is 0 Å². The lowest BCUT2D eigenvalue weighted by molar-refractivity contribution is 0.101. The minimum absolute atomic E-state index is 0.210. The minimum atomic E-state index is -0.210. The highest BCUT2D eigenvalue weighted by Crippen LogP contribution is 2.43. The van der Waals surface area contributed by atoms with Crippen LogP contribution in [0.25, 0.3) is 22.2 Å². The van der Waals surface area contributed by atoms with Crippen molar-refractivity contribution in [2.24, 2.45) is 17.8 Å². The second-order valence-corrected chi connectivity index (χ2v) is 11.8. The van der Waals surface area contributed by atoms with Crippen LogP contribution in [0.3, 0.4) is 0 Å². The number of benzene rings is 3. The summed E-state index contributed by atoms with van der Waals surface area (Å²) in [4.78, 5) is 23.6. The number of amides is 1. The van der Waals surface area contributed by atoms with Crippen LogP contribution >= 0.6 is 0 Å². The van der Waals surface area contributed by atoms with Gasteiger partial charge in [-0.3, -0.25) is 0 Å². The summed E-state index contributed by atoms with van der Waals surface area (Å²) in [6.45, 7) is 3.19. The number of hydrogen-bond acceptors (Lipinski definition) is 6. The third-order valence-corrected chi connectivity index (χ3v) is 8.84. The maximum absolute atomic E-state index is 12.7. The van der Waals surface area contributed by atoms with E-state index < -0.39 is 0 Å². The molecule has 0 radical (unpaired) electrons. The zero-order valence-corrected chi connectivity index (χ0v) is 24.0. The first kappa shape index (κ1) is 27.0. The highest BCUT2D eigenvalue weighted by atomic mass is 16.6. The third kappa shape index (κ3) is 5.78. The van der Waals surface area contributed by atoms with E-state index in [-0.39, 0.29) is 6.09 Å². The molecule has 8 heteroatoms. The van der Waals surface area contributed by atoms with E-state index in [1.54, 1.807) is 6.33 Å². The van der Waals surface area contributed by atoms with Crippen molar-refractivity contribution in [1.82, 2.24) is 19.4 Å². The molecule has 3 aromatic carbocycles. The van der Waals surface area contributed by atoms with Crippen molar-refractivity contribution < 1.29 is 14.3 Å². The van der Waals surface area contributed by atoms with E-state index in [1.807, 2.05) is 65.6 Å². The van der Waals surface area contributed by atoms with Crippen molar-refractivity contribution in [3.63, 3.8) is 0 Å². The molecule has 3 heterocycles. The van der Waals surface area contributed by atoms with E-state index in [4.69, 9.17) is 15.2 Å². The Morgan fingerprint density at radius 3 is 2.28 bits per heavy atom. The van der Waals surface area contributed by atoms with Gasteiger partial charge in [0.15, 0.2) is 0 Å². The highest BCUT2D eigenvalue weighted by Gasteiger charge is 2.43. The lowest BCUT2D eigenvalue weighted by Crippen LogP contribution is -2.30. The van der Waals surface area contributed by atoms with Crippen LogP contribution in [-0.2, 0) is 24.5 Å². The predicted molar refractivity (Wildman–Crippen MR) is 166 cm³/mol. The Labute approximate surface area is 251 Å². The monoisotopic (exact) mass is 573 g/mol. The summed E-state index contributed by atoms with van der Waals surface area (Å²) >= 11 is 0. The molecule has 43 heavy (non-hydrogen) atoms. The second-order valence-electron chi connectivity index (χ2n) is 11.8. The summed E-state index contributed by atoms with van der Waals surface area (Å²) in [5, 5.41) is 0.869. The van der Waals surface area contributed by atoms with Crippen molar-refractivity contribution in [3.05, 3.63) is 109 Å². The first-order valence-electron chi connectivity index (χ1n) is 14.9. The van der Waals surface area contributed by atoms with Crippen LogP contribution in [-0.4, -0.2) is 38.6 Å². The minimum Gasteiger partial charge on any atom is -0.489 e. The average molecular weight is 574 g/mol. The Morgan fingerprint density at radius 2 is 1.56 bits per heavy atom. The van der Waals surface area contributed by atoms with Gasteiger partial charge in [0, 0.05) is 31.4 Å². The Morgan fingerprint density at radius 1 is 0.860 bits per heavy atom. The first-order valence-corrected chi connectivity index (χ1v) is 14.9. The van der Waals surface area contributed by atoms with Gasteiger partial charge in [-0.05, 0) is 59.4 Å². The number of nitrogen functional groups attached to an aromatic ring is 1. The lowest BCUT2D eigenvalue weighted by Gasteiger charge is -2.19. The molecule has 2 fully saturated rings. The zero-order valence-electron chi connectivity index (χ0n) is 24.0. The van der Waals surface area contributed by atoms with Crippen LogP contribution in [0.15, 0.2) is 97.5 Å². The number of rotatable bonds is 8. The largest absolute Gasteiger partial charge is 0.489 e. The fourth-order valence-electron chi connectivity index (χ4n) is 6.81. The van der Waals surface area contributed by atoms with Crippen LogP contribution in [0.2, 0.25) is 0 Å². The van der Waals surface area contributed by atoms with Crippen LogP contribution in [0.1, 0.15) is 24.0 Å². The van der Waals surface area contributed by atoms with Gasteiger partial charge in [-0.15, -0.1) is 0 Å². The van der Waals surface area contributed by atoms with Crippen molar-refractivity contribution >= 4 is 22.9 Å². The Bertz CT molecular complexity index is 1710. The van der Waals surface area contributed by atoms with Gasteiger partial charge >= 0.3 is 6.09 Å². The summed E-state index contributed by atoms with van der Waals surface area (Å²) in [6, 6.07) is 28.1. The van der Waals surface area contributed by atoms with Gasteiger partial charge in [0.1, 0.15) is 36.8 Å². The van der Waals surface area contributed by atoms with E-state index in [0.717, 1.165) is 71.5 Å². The fourth-order valence-corrected chi connectivity index (χ4v) is 6.81. The molecule has 1 saturated heterocycles. The predicted octanol–water partition coefficient (Wildman–Crippen LogP) is 6.55. The number of fused-ring (bicyclic) bond motifs is 2. The van der Waals surface area contributed by atoms with E-state index >= 15 is 0 Å². The number of anilines is 1. The number of nitrogens with two attached hydrogens (primary N) is 1. The molecule has 1 amide bonds. The second kappa shape index (κ2) is 11.8. The number of hydrogen-bond donors (Lipinski definition) is 1. The maximum atomic E-state index is 12.7. The molecular weight excluding hydrogens is 538 g/mol. The summed E-state index contributed by atoms with van der Waals surface area (Å²) in [5.41, 5.74) is 11.4. The van der Waals surface area contributed by atoms with Crippen molar-refractivity contribution in [1.29, 1.82) is 0 Å². The summed E-state index contributed by atoms with van der Waals surface area (Å²) in [5.74, 6) is 2.76. The SMILES string of the molecule is Nc1ncnc2c1c(-c1cccc(OCc3ccccc3)c1)cn2CC1CC2CN(C(=O)OCc3ccccc3)CC2C1. The van der Waals surface area contributed by atoms with Crippen LogP contribution in [0, 0.1) is 17.8 Å². The summed E-state index contributed by atoms with van der Waals surface area (Å²) in [7, 11) is 0. The average Bonchev–Trinajstić information content (AvgIpc) is 3.73. The van der Waals surface area contributed by atoms with Gasteiger partial charge in [-0.25, -0.2) is 14.8 Å². The molecule has 1 aliphatic heterocycles. The Balaban J connectivity index is 1.03. The first-order chi connectivity index (χ1) is 21.1. The Hall–Kier alpha value is -4.85. The number of nitrogens with zero attached hydrogens (tertiary/aromatic N) is 4. The molecule has 2 aromatic heterocycles. The quantitative estimate of drug-likeness (QED) is 0.226. The summed E-state index contributed by atoms with van der Waals surface area (Å²) < 4.78 is 13.9. The molecule has 2 atom stereocenters. The van der Waals surface area contributed by atoms with Gasteiger partial charge in [0.25, 0.3) is 0 Å². The molecule has 0 bridgehead atoms. The molecule has 8 nitrogen and oxygen atoms in total. The molecular formula is C35H35N5O3. The molecule has 1 aliphatic carbocycles. The van der Waals surface area contributed by atoms with E-state index in [0.29, 0.717) is 36.8 Å². The lowest BCUT2D eigenvalue weighted by atomic mass is 10.0. The zero-order chi connectivity index (χ0) is 29.2. The Kier molecular flexibility index (Phi) is 7.41. The van der Waals surface area contributed by atoms with Crippen molar-refractivity contribution in [2.75, 3.05) is 18.8 Å². The number of likely N-dealkylation sites (tertiary alicyclic amines) is 1. The van der Waals surface area contributed by atoms with Crippen LogP contribution < -0.4 is 10.5 Å². The van der Waals surface area contributed by atoms with Crippen molar-refractivity contribution in [3.8, 4) is 16.9 Å². The van der Waals surface area contributed by atoms with E-state index in [1.165, 1.54) is 0 Å². The molecule has 2 aliphatic rings. The van der Waals surface area contributed by atoms with Crippen molar-refractivity contribution in [2.45, 2.75) is 32.6 Å². The van der Waals surface area contributed by atoms with Gasteiger partial charge in [0.05, 0.1) is 5.39 Å². The van der Waals surface area contributed by atoms with Gasteiger partial charge in [0.2, 0.25) is 0 Å². The molecule has 2 unspecified atom stereocenters.